The molecule has 0 aromatic carbocycles. The first-order valence-corrected chi connectivity index (χ1v) is 8.76. The van der Waals surface area contributed by atoms with Crippen molar-refractivity contribution in [1.29, 1.82) is 0 Å². The van der Waals surface area contributed by atoms with E-state index in [4.69, 9.17) is 0 Å². The summed E-state index contributed by atoms with van der Waals surface area (Å²) in [6.07, 6.45) is 10.3. The number of rotatable bonds is 3. The highest BCUT2D eigenvalue weighted by molar-refractivity contribution is 5.03. The SMILES string of the molecule is CC(NC1CCCCC1(C)C)c1nnc2n1CCCCC2. The topological polar surface area (TPSA) is 42.7 Å². The van der Waals surface area contributed by atoms with Crippen LogP contribution in [0.4, 0.5) is 0 Å². The molecule has 2 atom stereocenters. The molecule has 1 saturated carbocycles. The molecule has 118 valence electrons. The lowest BCUT2D eigenvalue weighted by Gasteiger charge is -2.40. The minimum Gasteiger partial charge on any atom is -0.314 e. The minimum atomic E-state index is 0.298. The van der Waals surface area contributed by atoms with Crippen molar-refractivity contribution in [3.05, 3.63) is 11.6 Å². The van der Waals surface area contributed by atoms with Crippen LogP contribution in [0, 0.1) is 5.41 Å². The summed E-state index contributed by atoms with van der Waals surface area (Å²) in [5.74, 6) is 2.34. The third kappa shape index (κ3) is 3.15. The van der Waals surface area contributed by atoms with E-state index in [2.05, 4.69) is 40.9 Å². The van der Waals surface area contributed by atoms with E-state index in [9.17, 15) is 0 Å². The van der Waals surface area contributed by atoms with Crippen molar-refractivity contribution in [1.82, 2.24) is 20.1 Å². The second-order valence-electron chi connectivity index (χ2n) is 7.61. The molecule has 1 aliphatic heterocycles. The van der Waals surface area contributed by atoms with Crippen LogP contribution in [0.1, 0.15) is 83.4 Å². The van der Waals surface area contributed by atoms with Crippen molar-refractivity contribution in [3.63, 3.8) is 0 Å². The van der Waals surface area contributed by atoms with E-state index in [-0.39, 0.29) is 0 Å². The first-order valence-electron chi connectivity index (χ1n) is 8.76. The maximum atomic E-state index is 4.50. The van der Waals surface area contributed by atoms with E-state index in [0.717, 1.165) is 18.8 Å². The van der Waals surface area contributed by atoms with Crippen LogP contribution in [0.5, 0.6) is 0 Å². The van der Waals surface area contributed by atoms with Crippen molar-refractivity contribution in [3.8, 4) is 0 Å². The second kappa shape index (κ2) is 6.07. The lowest BCUT2D eigenvalue weighted by molar-refractivity contribution is 0.155. The molecule has 4 heteroatoms. The lowest BCUT2D eigenvalue weighted by Crippen LogP contribution is -2.45. The Balaban J connectivity index is 1.73. The van der Waals surface area contributed by atoms with Gasteiger partial charge in [-0.15, -0.1) is 10.2 Å². The average molecular weight is 290 g/mol. The molecule has 1 fully saturated rings. The number of fused-ring (bicyclic) bond motifs is 1. The Labute approximate surface area is 128 Å². The van der Waals surface area contributed by atoms with E-state index in [1.54, 1.807) is 0 Å². The number of nitrogens with one attached hydrogen (secondary N) is 1. The van der Waals surface area contributed by atoms with Gasteiger partial charge in [0, 0.05) is 19.0 Å². The monoisotopic (exact) mass is 290 g/mol. The zero-order chi connectivity index (χ0) is 14.9. The maximum absolute atomic E-state index is 4.50. The Morgan fingerprint density at radius 3 is 2.81 bits per heavy atom. The van der Waals surface area contributed by atoms with Gasteiger partial charge in [0.25, 0.3) is 0 Å². The number of aromatic nitrogens is 3. The standard InChI is InChI=1S/C17H30N4/c1-13(18-14-9-6-7-11-17(14,2)3)16-20-19-15-10-5-4-8-12-21(15)16/h13-14,18H,4-12H2,1-3H3. The average Bonchev–Trinajstić information content (AvgIpc) is 2.70. The van der Waals surface area contributed by atoms with Crippen LogP contribution in [-0.4, -0.2) is 20.8 Å². The lowest BCUT2D eigenvalue weighted by atomic mass is 9.73. The minimum absolute atomic E-state index is 0.298. The maximum Gasteiger partial charge on any atom is 0.149 e. The molecule has 0 amide bonds. The van der Waals surface area contributed by atoms with E-state index >= 15 is 0 Å². The van der Waals surface area contributed by atoms with Gasteiger partial charge >= 0.3 is 0 Å². The zero-order valence-corrected chi connectivity index (χ0v) is 13.9. The Kier molecular flexibility index (Phi) is 4.34. The van der Waals surface area contributed by atoms with Crippen LogP contribution in [0.25, 0.3) is 0 Å². The van der Waals surface area contributed by atoms with E-state index in [1.807, 2.05) is 0 Å². The third-order valence-corrected chi connectivity index (χ3v) is 5.48. The van der Waals surface area contributed by atoms with Gasteiger partial charge in [-0.05, 0) is 38.0 Å². The summed E-state index contributed by atoms with van der Waals surface area (Å²) in [7, 11) is 0. The van der Waals surface area contributed by atoms with E-state index < -0.39 is 0 Å². The van der Waals surface area contributed by atoms with Crippen LogP contribution in [0.3, 0.4) is 0 Å². The molecule has 0 radical (unpaired) electrons. The first kappa shape index (κ1) is 15.0. The summed E-state index contributed by atoms with van der Waals surface area (Å²) in [4.78, 5) is 0. The highest BCUT2D eigenvalue weighted by Crippen LogP contribution is 2.36. The van der Waals surface area contributed by atoms with Crippen LogP contribution in [0.15, 0.2) is 0 Å². The summed E-state index contributed by atoms with van der Waals surface area (Å²) in [5, 5.41) is 12.8. The summed E-state index contributed by atoms with van der Waals surface area (Å²) in [5.41, 5.74) is 0.397. The second-order valence-corrected chi connectivity index (χ2v) is 7.61. The predicted octanol–water partition coefficient (Wildman–Crippen LogP) is 3.62. The van der Waals surface area contributed by atoms with Crippen LogP contribution in [-0.2, 0) is 13.0 Å². The quantitative estimate of drug-likeness (QED) is 0.924. The highest BCUT2D eigenvalue weighted by Gasteiger charge is 2.33. The fraction of sp³-hybridized carbons (Fsp3) is 0.882. The summed E-state index contributed by atoms with van der Waals surface area (Å²) in [6, 6.07) is 0.895. The Hall–Kier alpha value is -0.900. The van der Waals surface area contributed by atoms with Crippen molar-refractivity contribution in [2.24, 2.45) is 5.41 Å². The first-order chi connectivity index (χ1) is 10.1. The molecule has 21 heavy (non-hydrogen) atoms. The van der Waals surface area contributed by atoms with Crippen molar-refractivity contribution in [2.75, 3.05) is 0 Å². The summed E-state index contributed by atoms with van der Waals surface area (Å²) in [6.45, 7) is 8.16. The van der Waals surface area contributed by atoms with Gasteiger partial charge in [0.15, 0.2) is 0 Å². The molecule has 1 N–H and O–H groups in total. The number of aryl methyl sites for hydroxylation is 1. The molecular formula is C17H30N4. The van der Waals surface area contributed by atoms with Gasteiger partial charge in [-0.3, -0.25) is 0 Å². The normalized spacial score (nSPS) is 26.9. The molecular weight excluding hydrogens is 260 g/mol. The zero-order valence-electron chi connectivity index (χ0n) is 13.9. The largest absolute Gasteiger partial charge is 0.314 e. The molecule has 4 nitrogen and oxygen atoms in total. The van der Waals surface area contributed by atoms with Gasteiger partial charge in [-0.25, -0.2) is 0 Å². The van der Waals surface area contributed by atoms with Crippen LogP contribution in [0.2, 0.25) is 0 Å². The Bertz CT molecular complexity index is 477. The Morgan fingerprint density at radius 2 is 2.00 bits per heavy atom. The molecule has 2 unspecified atom stereocenters. The smallest absolute Gasteiger partial charge is 0.149 e. The van der Waals surface area contributed by atoms with Crippen LogP contribution < -0.4 is 5.32 Å². The molecule has 2 heterocycles. The molecule has 0 spiro atoms. The van der Waals surface area contributed by atoms with E-state index in [0.29, 0.717) is 17.5 Å². The van der Waals surface area contributed by atoms with E-state index in [1.165, 1.54) is 50.8 Å². The van der Waals surface area contributed by atoms with Crippen molar-refractivity contribution in [2.45, 2.75) is 90.8 Å². The Morgan fingerprint density at radius 1 is 1.14 bits per heavy atom. The highest BCUT2D eigenvalue weighted by atomic mass is 15.3. The fourth-order valence-electron chi connectivity index (χ4n) is 4.01. The fourth-order valence-corrected chi connectivity index (χ4v) is 4.01. The van der Waals surface area contributed by atoms with Crippen molar-refractivity contribution < 1.29 is 0 Å². The van der Waals surface area contributed by atoms with Gasteiger partial charge < -0.3 is 9.88 Å². The molecule has 2 aliphatic rings. The molecule has 1 aromatic rings. The number of nitrogens with zero attached hydrogens (tertiary/aromatic N) is 3. The predicted molar refractivity (Wildman–Crippen MR) is 85.2 cm³/mol. The molecule has 0 bridgehead atoms. The molecule has 0 saturated heterocycles. The molecule has 1 aromatic heterocycles. The molecule has 3 rings (SSSR count). The number of hydrogen-bond acceptors (Lipinski definition) is 3. The van der Waals surface area contributed by atoms with Crippen molar-refractivity contribution >= 4 is 0 Å². The van der Waals surface area contributed by atoms with Crippen LogP contribution >= 0.6 is 0 Å². The number of hydrogen-bond donors (Lipinski definition) is 1. The molecule has 1 aliphatic carbocycles. The van der Waals surface area contributed by atoms with Gasteiger partial charge in [0.1, 0.15) is 11.6 Å². The van der Waals surface area contributed by atoms with Gasteiger partial charge in [0.05, 0.1) is 6.04 Å². The third-order valence-electron chi connectivity index (χ3n) is 5.48. The summed E-state index contributed by atoms with van der Waals surface area (Å²) >= 11 is 0. The van der Waals surface area contributed by atoms with Gasteiger partial charge in [0.2, 0.25) is 0 Å². The summed E-state index contributed by atoms with van der Waals surface area (Å²) < 4.78 is 2.38. The van der Waals surface area contributed by atoms with Gasteiger partial charge in [-0.2, -0.15) is 0 Å². The van der Waals surface area contributed by atoms with Gasteiger partial charge in [-0.1, -0.05) is 33.1 Å².